The van der Waals surface area contributed by atoms with Gasteiger partial charge in [-0.25, -0.2) is 0 Å². The molecule has 1 aliphatic rings. The van der Waals surface area contributed by atoms with Crippen LogP contribution < -0.4 is 0 Å². The molecule has 0 unspecified atom stereocenters. The summed E-state index contributed by atoms with van der Waals surface area (Å²) in [6.45, 7) is 0. The first-order valence-electron chi connectivity index (χ1n) is 21.2. The average molecular weight is 775 g/mol. The molecule has 0 radical (unpaired) electrons. The molecule has 284 valence electrons. The SMILES string of the molecule is c1ccc(-n2c3ccc(-c4ccc5c(c4)c4ccccc4n5-c4ccc5ccccc5c4)cc3c3ccc4c(c32)-c2ccccc2C4(c2ccccc2)c2ccccc2)cc1. The maximum absolute atomic E-state index is 2.51. The van der Waals surface area contributed by atoms with Crippen LogP contribution in [-0.2, 0) is 5.41 Å². The van der Waals surface area contributed by atoms with Crippen LogP contribution in [0.2, 0.25) is 0 Å². The zero-order valence-electron chi connectivity index (χ0n) is 33.3. The Morgan fingerprint density at radius 3 is 1.62 bits per heavy atom. The van der Waals surface area contributed by atoms with Crippen molar-refractivity contribution >= 4 is 54.4 Å². The standard InChI is InChI=1S/C59H38N2/c1-4-18-43(19-5-1)59(44-20-6-2-7-21-44)52-26-14-12-25-49(52)57-53(59)33-32-48-51-38-42(30-35-56(51)61(58(48)57)45-22-8-3-9-23-45)41-29-34-55-50(37-41)47-24-13-15-27-54(47)60(55)46-31-28-39-16-10-11-17-40(39)36-46/h1-38H. The zero-order chi connectivity index (χ0) is 40.1. The molecule has 0 spiro atoms. The van der Waals surface area contributed by atoms with Gasteiger partial charge in [-0.15, -0.1) is 0 Å². The van der Waals surface area contributed by atoms with Gasteiger partial charge in [-0.3, -0.25) is 0 Å². The highest BCUT2D eigenvalue weighted by Crippen LogP contribution is 2.58. The van der Waals surface area contributed by atoms with Crippen molar-refractivity contribution in [1.29, 1.82) is 0 Å². The van der Waals surface area contributed by atoms with Crippen LogP contribution in [0.1, 0.15) is 22.3 Å². The molecule has 0 atom stereocenters. The lowest BCUT2D eigenvalue weighted by atomic mass is 9.67. The van der Waals surface area contributed by atoms with E-state index in [0.717, 1.165) is 5.69 Å². The number of para-hydroxylation sites is 2. The van der Waals surface area contributed by atoms with Crippen molar-refractivity contribution in [3.05, 3.63) is 253 Å². The van der Waals surface area contributed by atoms with Crippen LogP contribution in [0.5, 0.6) is 0 Å². The Morgan fingerprint density at radius 1 is 0.311 bits per heavy atom. The molecule has 0 saturated heterocycles. The molecule has 0 saturated carbocycles. The summed E-state index contributed by atoms with van der Waals surface area (Å²) >= 11 is 0. The van der Waals surface area contributed by atoms with Crippen molar-refractivity contribution in [2.75, 3.05) is 0 Å². The maximum Gasteiger partial charge on any atom is 0.0714 e. The lowest BCUT2D eigenvalue weighted by Gasteiger charge is -2.33. The number of benzene rings is 10. The third-order valence-corrected chi connectivity index (χ3v) is 13.4. The van der Waals surface area contributed by atoms with E-state index in [1.54, 1.807) is 0 Å². The Morgan fingerprint density at radius 2 is 0.885 bits per heavy atom. The van der Waals surface area contributed by atoms with E-state index in [9.17, 15) is 0 Å². The molecule has 2 aromatic heterocycles. The third-order valence-electron chi connectivity index (χ3n) is 13.4. The van der Waals surface area contributed by atoms with Gasteiger partial charge in [-0.1, -0.05) is 176 Å². The van der Waals surface area contributed by atoms with Crippen LogP contribution in [0, 0.1) is 0 Å². The molecule has 2 heterocycles. The molecule has 10 aromatic carbocycles. The first-order chi connectivity index (χ1) is 30.3. The van der Waals surface area contributed by atoms with E-state index < -0.39 is 5.41 Å². The Labute approximate surface area is 353 Å². The van der Waals surface area contributed by atoms with Crippen molar-refractivity contribution in [3.8, 4) is 33.6 Å². The van der Waals surface area contributed by atoms with Crippen LogP contribution >= 0.6 is 0 Å². The van der Waals surface area contributed by atoms with Gasteiger partial charge in [0.2, 0.25) is 0 Å². The molecule has 1 aliphatic carbocycles. The summed E-state index contributed by atoms with van der Waals surface area (Å²) in [7, 11) is 0. The minimum Gasteiger partial charge on any atom is -0.309 e. The smallest absolute Gasteiger partial charge is 0.0714 e. The monoisotopic (exact) mass is 774 g/mol. The van der Waals surface area contributed by atoms with Crippen LogP contribution in [0.25, 0.3) is 88.0 Å². The normalized spacial score (nSPS) is 13.0. The molecule has 2 heteroatoms. The van der Waals surface area contributed by atoms with Gasteiger partial charge in [-0.05, 0) is 104 Å². The van der Waals surface area contributed by atoms with Gasteiger partial charge in [0.15, 0.2) is 0 Å². The fraction of sp³-hybridized carbons (Fsp3) is 0.0169. The Balaban J connectivity index is 1.07. The molecule has 2 nitrogen and oxygen atoms in total. The summed E-state index contributed by atoms with van der Waals surface area (Å²) in [4.78, 5) is 0. The van der Waals surface area contributed by atoms with E-state index >= 15 is 0 Å². The number of hydrogen-bond acceptors (Lipinski definition) is 0. The fourth-order valence-electron chi connectivity index (χ4n) is 10.8. The lowest BCUT2D eigenvalue weighted by molar-refractivity contribution is 0.769. The second kappa shape index (κ2) is 13.0. The number of hydrogen-bond donors (Lipinski definition) is 0. The first-order valence-corrected chi connectivity index (χ1v) is 21.2. The van der Waals surface area contributed by atoms with Crippen molar-refractivity contribution in [2.24, 2.45) is 0 Å². The van der Waals surface area contributed by atoms with Gasteiger partial charge < -0.3 is 9.13 Å². The summed E-state index contributed by atoms with van der Waals surface area (Å²) in [6, 6.07) is 85.3. The van der Waals surface area contributed by atoms with Crippen LogP contribution in [0.3, 0.4) is 0 Å². The Kier molecular flexibility index (Phi) is 7.26. The Hall–Kier alpha value is -7.94. The van der Waals surface area contributed by atoms with Gasteiger partial charge in [0.05, 0.1) is 27.5 Å². The van der Waals surface area contributed by atoms with E-state index in [2.05, 4.69) is 240 Å². The van der Waals surface area contributed by atoms with E-state index in [1.165, 1.54) is 105 Å². The summed E-state index contributed by atoms with van der Waals surface area (Å²) in [5, 5.41) is 7.49. The molecule has 12 aromatic rings. The summed E-state index contributed by atoms with van der Waals surface area (Å²) in [5.41, 5.74) is 16.9. The second-order valence-corrected chi connectivity index (χ2v) is 16.4. The largest absolute Gasteiger partial charge is 0.309 e. The number of fused-ring (bicyclic) bond motifs is 11. The lowest BCUT2D eigenvalue weighted by Crippen LogP contribution is -2.28. The van der Waals surface area contributed by atoms with Crippen molar-refractivity contribution in [2.45, 2.75) is 5.41 Å². The minimum atomic E-state index is -0.479. The van der Waals surface area contributed by atoms with Crippen LogP contribution in [-0.4, -0.2) is 9.13 Å². The first kappa shape index (κ1) is 34.0. The van der Waals surface area contributed by atoms with Crippen molar-refractivity contribution < 1.29 is 0 Å². The van der Waals surface area contributed by atoms with Gasteiger partial charge in [0.25, 0.3) is 0 Å². The molecule has 0 aliphatic heterocycles. The highest BCUT2D eigenvalue weighted by Gasteiger charge is 2.47. The zero-order valence-corrected chi connectivity index (χ0v) is 33.3. The summed E-state index contributed by atoms with van der Waals surface area (Å²) < 4.78 is 4.93. The molecule has 0 fully saturated rings. The molecular formula is C59H38N2. The highest BCUT2D eigenvalue weighted by atomic mass is 15.0. The summed E-state index contributed by atoms with van der Waals surface area (Å²) in [5.74, 6) is 0. The van der Waals surface area contributed by atoms with E-state index in [1.807, 2.05) is 0 Å². The number of rotatable bonds is 5. The number of nitrogens with zero attached hydrogens (tertiary/aromatic N) is 2. The quantitative estimate of drug-likeness (QED) is 0.165. The fourth-order valence-corrected chi connectivity index (χ4v) is 10.8. The average Bonchev–Trinajstić information content (AvgIpc) is 3.96. The second-order valence-electron chi connectivity index (χ2n) is 16.4. The van der Waals surface area contributed by atoms with Gasteiger partial charge in [0.1, 0.15) is 0 Å². The van der Waals surface area contributed by atoms with Crippen LogP contribution in [0.4, 0.5) is 0 Å². The van der Waals surface area contributed by atoms with Crippen LogP contribution in [0.15, 0.2) is 231 Å². The molecule has 0 N–H and O–H groups in total. The predicted molar refractivity (Wildman–Crippen MR) is 255 cm³/mol. The molecule has 61 heavy (non-hydrogen) atoms. The van der Waals surface area contributed by atoms with E-state index in [-0.39, 0.29) is 0 Å². The van der Waals surface area contributed by atoms with Gasteiger partial charge >= 0.3 is 0 Å². The van der Waals surface area contributed by atoms with Crippen molar-refractivity contribution in [3.63, 3.8) is 0 Å². The molecular weight excluding hydrogens is 737 g/mol. The van der Waals surface area contributed by atoms with Crippen molar-refractivity contribution in [1.82, 2.24) is 9.13 Å². The highest BCUT2D eigenvalue weighted by molar-refractivity contribution is 6.17. The topological polar surface area (TPSA) is 9.86 Å². The predicted octanol–water partition coefficient (Wildman–Crippen LogP) is 15.1. The maximum atomic E-state index is 2.51. The summed E-state index contributed by atoms with van der Waals surface area (Å²) in [6.07, 6.45) is 0. The van der Waals surface area contributed by atoms with Gasteiger partial charge in [-0.2, -0.15) is 0 Å². The molecule has 13 rings (SSSR count). The third kappa shape index (κ3) is 4.79. The Bertz CT molecular complexity index is 3650. The molecule has 0 bridgehead atoms. The van der Waals surface area contributed by atoms with E-state index in [4.69, 9.17) is 0 Å². The molecule has 0 amide bonds. The number of aromatic nitrogens is 2. The minimum absolute atomic E-state index is 0.479. The van der Waals surface area contributed by atoms with Gasteiger partial charge in [0, 0.05) is 38.5 Å². The van der Waals surface area contributed by atoms with E-state index in [0.29, 0.717) is 0 Å².